The van der Waals surface area contributed by atoms with Crippen molar-refractivity contribution in [3.8, 4) is 0 Å². The SMILES string of the molecule is CCC(O)C1(c2ccc(C(F)(F)F)cc2)CC(F)(F)NS(=O)(=O)C1. The molecule has 10 heteroatoms. The molecule has 136 valence electrons. The predicted octanol–water partition coefficient (Wildman–Crippen LogP) is 2.63. The molecule has 24 heavy (non-hydrogen) atoms. The Balaban J connectivity index is 2.57. The zero-order valence-electron chi connectivity index (χ0n) is 12.6. The Kier molecular flexibility index (Phi) is 4.70. The van der Waals surface area contributed by atoms with Crippen LogP contribution in [0.3, 0.4) is 0 Å². The lowest BCUT2D eigenvalue weighted by Gasteiger charge is -2.43. The van der Waals surface area contributed by atoms with E-state index in [1.54, 1.807) is 0 Å². The molecule has 1 heterocycles. The van der Waals surface area contributed by atoms with Crippen molar-refractivity contribution in [2.24, 2.45) is 0 Å². The molecule has 0 spiro atoms. The number of hydrogen-bond acceptors (Lipinski definition) is 3. The van der Waals surface area contributed by atoms with Gasteiger partial charge in [-0.05, 0) is 24.1 Å². The summed E-state index contributed by atoms with van der Waals surface area (Å²) in [4.78, 5) is 0. The zero-order valence-corrected chi connectivity index (χ0v) is 13.4. The summed E-state index contributed by atoms with van der Waals surface area (Å²) in [5, 5.41) is 10.2. The molecule has 1 aliphatic heterocycles. The Hall–Kier alpha value is -1.26. The number of nitrogens with one attached hydrogen (secondary N) is 1. The van der Waals surface area contributed by atoms with Crippen molar-refractivity contribution < 1.29 is 35.5 Å². The summed E-state index contributed by atoms with van der Waals surface area (Å²) >= 11 is 0. The minimum Gasteiger partial charge on any atom is -0.392 e. The topological polar surface area (TPSA) is 66.4 Å². The van der Waals surface area contributed by atoms with E-state index in [-0.39, 0.29) is 12.0 Å². The van der Waals surface area contributed by atoms with Crippen LogP contribution >= 0.6 is 0 Å². The quantitative estimate of drug-likeness (QED) is 0.632. The minimum absolute atomic E-state index is 0.0351. The summed E-state index contributed by atoms with van der Waals surface area (Å²) in [6.07, 6.45) is -7.15. The number of aliphatic hydroxyl groups is 1. The molecule has 0 amide bonds. The first-order chi connectivity index (χ1) is 10.8. The van der Waals surface area contributed by atoms with Gasteiger partial charge in [0, 0.05) is 11.8 Å². The van der Waals surface area contributed by atoms with Crippen LogP contribution < -0.4 is 4.72 Å². The Morgan fingerprint density at radius 3 is 2.21 bits per heavy atom. The van der Waals surface area contributed by atoms with Crippen molar-refractivity contribution in [3.63, 3.8) is 0 Å². The summed E-state index contributed by atoms with van der Waals surface area (Å²) < 4.78 is 90.5. The molecular weight excluding hydrogens is 357 g/mol. The smallest absolute Gasteiger partial charge is 0.392 e. The van der Waals surface area contributed by atoms with E-state index in [1.165, 1.54) is 11.6 Å². The van der Waals surface area contributed by atoms with E-state index in [9.17, 15) is 35.5 Å². The van der Waals surface area contributed by atoms with Gasteiger partial charge in [0.05, 0.1) is 17.4 Å². The molecule has 0 radical (unpaired) electrons. The molecule has 1 saturated heterocycles. The maximum Gasteiger partial charge on any atom is 0.416 e. The van der Waals surface area contributed by atoms with Gasteiger partial charge in [0.2, 0.25) is 10.0 Å². The van der Waals surface area contributed by atoms with E-state index in [0.717, 1.165) is 12.1 Å². The van der Waals surface area contributed by atoms with Crippen LogP contribution in [-0.2, 0) is 21.6 Å². The highest BCUT2D eigenvalue weighted by molar-refractivity contribution is 7.89. The van der Waals surface area contributed by atoms with Gasteiger partial charge in [-0.25, -0.2) is 8.42 Å². The van der Waals surface area contributed by atoms with Crippen molar-refractivity contribution in [1.29, 1.82) is 0 Å². The Bertz CT molecular complexity index is 702. The molecule has 1 aromatic rings. The average molecular weight is 373 g/mol. The summed E-state index contributed by atoms with van der Waals surface area (Å²) in [5.41, 5.74) is -2.96. The number of halogens is 5. The highest BCUT2D eigenvalue weighted by Crippen LogP contribution is 2.44. The lowest BCUT2D eigenvalue weighted by atomic mass is 9.72. The molecule has 2 unspecified atom stereocenters. The van der Waals surface area contributed by atoms with Gasteiger partial charge in [-0.1, -0.05) is 19.1 Å². The van der Waals surface area contributed by atoms with Gasteiger partial charge in [0.1, 0.15) is 0 Å². The van der Waals surface area contributed by atoms with Crippen LogP contribution in [0, 0.1) is 0 Å². The maximum atomic E-state index is 13.9. The van der Waals surface area contributed by atoms with E-state index in [1.807, 2.05) is 0 Å². The second-order valence-corrected chi connectivity index (χ2v) is 7.62. The normalized spacial score (nSPS) is 27.6. The first-order valence-corrected chi connectivity index (χ1v) is 8.72. The number of sulfonamides is 1. The maximum absolute atomic E-state index is 13.9. The van der Waals surface area contributed by atoms with Crippen molar-refractivity contribution in [2.45, 2.75) is 43.5 Å². The van der Waals surface area contributed by atoms with Crippen LogP contribution in [0.5, 0.6) is 0 Å². The van der Waals surface area contributed by atoms with Gasteiger partial charge in [0.15, 0.2) is 0 Å². The molecule has 0 aliphatic carbocycles. The Morgan fingerprint density at radius 1 is 1.25 bits per heavy atom. The van der Waals surface area contributed by atoms with Gasteiger partial charge >= 0.3 is 12.2 Å². The van der Waals surface area contributed by atoms with Crippen molar-refractivity contribution in [1.82, 2.24) is 4.72 Å². The van der Waals surface area contributed by atoms with Crippen LogP contribution in [0.25, 0.3) is 0 Å². The van der Waals surface area contributed by atoms with Crippen molar-refractivity contribution >= 4 is 10.0 Å². The van der Waals surface area contributed by atoms with E-state index < -0.39 is 51.5 Å². The molecule has 4 nitrogen and oxygen atoms in total. The Morgan fingerprint density at radius 2 is 1.79 bits per heavy atom. The van der Waals surface area contributed by atoms with Gasteiger partial charge in [-0.2, -0.15) is 26.7 Å². The number of alkyl halides is 5. The van der Waals surface area contributed by atoms with E-state index in [0.29, 0.717) is 12.1 Å². The lowest BCUT2D eigenvalue weighted by molar-refractivity contribution is -0.137. The largest absolute Gasteiger partial charge is 0.416 e. The molecule has 1 fully saturated rings. The zero-order chi connectivity index (χ0) is 18.4. The molecule has 0 aromatic heterocycles. The standard InChI is InChI=1S/C14H16F5NO3S/c1-2-11(21)12(7-13(15,16)20-24(22,23)8-12)9-3-5-10(6-4-9)14(17,18)19/h3-6,11,20-21H,2,7-8H2,1H3. The fraction of sp³-hybridized carbons (Fsp3) is 0.571. The number of aliphatic hydroxyl groups excluding tert-OH is 1. The summed E-state index contributed by atoms with van der Waals surface area (Å²) in [5.74, 6) is -0.837. The molecule has 2 atom stereocenters. The van der Waals surface area contributed by atoms with Crippen LogP contribution in [0.1, 0.15) is 30.9 Å². The van der Waals surface area contributed by atoms with Gasteiger partial charge in [-0.3, -0.25) is 0 Å². The third kappa shape index (κ3) is 3.70. The van der Waals surface area contributed by atoms with E-state index in [2.05, 4.69) is 0 Å². The fourth-order valence-electron chi connectivity index (χ4n) is 3.06. The second kappa shape index (κ2) is 5.92. The van der Waals surface area contributed by atoms with E-state index >= 15 is 0 Å². The third-order valence-corrected chi connectivity index (χ3v) is 5.61. The number of rotatable bonds is 3. The van der Waals surface area contributed by atoms with Crippen LogP contribution in [0.15, 0.2) is 24.3 Å². The summed E-state index contributed by atoms with van der Waals surface area (Å²) in [6, 6.07) is -0.550. The monoisotopic (exact) mass is 373 g/mol. The molecular formula is C14H16F5NO3S. The molecule has 1 aliphatic rings. The Labute approximate surface area is 135 Å². The molecule has 1 aromatic carbocycles. The highest BCUT2D eigenvalue weighted by atomic mass is 32.2. The summed E-state index contributed by atoms with van der Waals surface area (Å²) in [6.45, 7) is 1.48. The van der Waals surface area contributed by atoms with E-state index in [4.69, 9.17) is 0 Å². The van der Waals surface area contributed by atoms with Gasteiger partial charge in [0.25, 0.3) is 0 Å². The van der Waals surface area contributed by atoms with Crippen LogP contribution in [0.4, 0.5) is 22.0 Å². The number of hydrogen-bond donors (Lipinski definition) is 2. The summed E-state index contributed by atoms with van der Waals surface area (Å²) in [7, 11) is -4.42. The first-order valence-electron chi connectivity index (χ1n) is 7.07. The highest BCUT2D eigenvalue weighted by Gasteiger charge is 2.55. The average Bonchev–Trinajstić information content (AvgIpc) is 2.42. The fourth-order valence-corrected chi connectivity index (χ4v) is 4.80. The molecule has 0 saturated carbocycles. The van der Waals surface area contributed by atoms with Gasteiger partial charge < -0.3 is 5.11 Å². The molecule has 2 rings (SSSR count). The lowest BCUT2D eigenvalue weighted by Crippen LogP contribution is -2.60. The van der Waals surface area contributed by atoms with Crippen LogP contribution in [-0.4, -0.2) is 31.4 Å². The third-order valence-electron chi connectivity index (χ3n) is 4.10. The molecule has 0 bridgehead atoms. The predicted molar refractivity (Wildman–Crippen MR) is 75.9 cm³/mol. The van der Waals surface area contributed by atoms with Gasteiger partial charge in [-0.15, -0.1) is 0 Å². The number of benzene rings is 1. The first kappa shape index (κ1) is 19.1. The minimum atomic E-state index is -4.61. The molecule has 2 N–H and O–H groups in total. The van der Waals surface area contributed by atoms with Crippen LogP contribution in [0.2, 0.25) is 0 Å². The van der Waals surface area contributed by atoms with Crippen molar-refractivity contribution in [2.75, 3.05) is 5.75 Å². The van der Waals surface area contributed by atoms with Crippen molar-refractivity contribution in [3.05, 3.63) is 35.4 Å². The second-order valence-electron chi connectivity index (χ2n) is 5.90.